The number of urea groups is 1. The average molecular weight is 735 g/mol. The Labute approximate surface area is 308 Å². The van der Waals surface area contributed by atoms with E-state index in [2.05, 4.69) is 28.3 Å². The van der Waals surface area contributed by atoms with E-state index in [0.717, 1.165) is 63.5 Å². The first-order valence-corrected chi connectivity index (χ1v) is 20.0. The van der Waals surface area contributed by atoms with Crippen LogP contribution >= 0.6 is 0 Å². The zero-order valence-corrected chi connectivity index (χ0v) is 32.7. The fourth-order valence-electron chi connectivity index (χ4n) is 8.61. The Morgan fingerprint density at radius 1 is 1.00 bits per heavy atom. The van der Waals surface area contributed by atoms with E-state index in [1.807, 2.05) is 31.0 Å². The number of benzene rings is 2. The molecule has 2 aromatic carbocycles. The summed E-state index contributed by atoms with van der Waals surface area (Å²) in [6.07, 6.45) is 6.90. The van der Waals surface area contributed by atoms with E-state index in [4.69, 9.17) is 4.74 Å². The Hall–Kier alpha value is -4.10. The molecule has 52 heavy (non-hydrogen) atoms. The molecule has 0 saturated heterocycles. The number of hydrogen-bond donors (Lipinski definition) is 1. The summed E-state index contributed by atoms with van der Waals surface area (Å²) in [5.41, 5.74) is 4.74. The van der Waals surface area contributed by atoms with Gasteiger partial charge in [-0.3, -0.25) is 9.59 Å². The molecular formula is C39H54N6O6S. The van der Waals surface area contributed by atoms with Crippen molar-refractivity contribution in [2.24, 2.45) is 5.41 Å². The van der Waals surface area contributed by atoms with Gasteiger partial charge in [0.1, 0.15) is 5.75 Å². The van der Waals surface area contributed by atoms with Crippen LogP contribution in [0.4, 0.5) is 4.79 Å². The van der Waals surface area contributed by atoms with Gasteiger partial charge in [-0.05, 0) is 80.0 Å². The number of nitrogens with zero attached hydrogens (tertiary/aromatic N) is 5. The number of likely N-dealkylation sites (N-methyl/N-ethyl adjacent to an activating group) is 2. The van der Waals surface area contributed by atoms with Crippen molar-refractivity contribution in [2.45, 2.75) is 83.2 Å². The molecule has 2 fully saturated rings. The number of ether oxygens (including phenoxy) is 1. The molecule has 12 nitrogen and oxygen atoms in total. The number of carbonyl (C=O) groups is 3. The SMILES string of the molecule is CC[C@H](CN(CC)C(=O)N(C)C)N(C)C(=O)C12CC1c1cc(OC)ccc1-c1c(C3CCCCC3)c3ccc(C(=O)NS(=O)(=O)N(C)C)cc3n1C2. The molecule has 13 heteroatoms. The molecule has 0 bridgehead atoms. The van der Waals surface area contributed by atoms with Crippen molar-refractivity contribution in [3.63, 3.8) is 0 Å². The first kappa shape index (κ1) is 37.7. The molecule has 0 spiro atoms. The lowest BCUT2D eigenvalue weighted by Gasteiger charge is -2.35. The molecule has 4 amide bonds. The number of hydrogen-bond acceptors (Lipinski definition) is 6. The van der Waals surface area contributed by atoms with Crippen LogP contribution in [0.5, 0.6) is 5.75 Å². The summed E-state index contributed by atoms with van der Waals surface area (Å²) in [5.74, 6) is 0.307. The van der Waals surface area contributed by atoms with E-state index in [-0.39, 0.29) is 29.5 Å². The first-order chi connectivity index (χ1) is 24.7. The van der Waals surface area contributed by atoms with Crippen LogP contribution in [0.15, 0.2) is 36.4 Å². The summed E-state index contributed by atoms with van der Waals surface area (Å²) >= 11 is 0. The minimum Gasteiger partial charge on any atom is -0.497 e. The fourth-order valence-corrected chi connectivity index (χ4v) is 9.15. The molecule has 3 atom stereocenters. The highest BCUT2D eigenvalue weighted by molar-refractivity contribution is 7.87. The summed E-state index contributed by atoms with van der Waals surface area (Å²) in [7, 11) is 5.74. The van der Waals surface area contributed by atoms with Crippen LogP contribution in [0, 0.1) is 5.41 Å². The predicted molar refractivity (Wildman–Crippen MR) is 203 cm³/mol. The zero-order valence-electron chi connectivity index (χ0n) is 31.9. The van der Waals surface area contributed by atoms with Crippen LogP contribution < -0.4 is 9.46 Å². The van der Waals surface area contributed by atoms with Gasteiger partial charge in [-0.1, -0.05) is 32.3 Å². The van der Waals surface area contributed by atoms with Crippen molar-refractivity contribution in [1.82, 2.24) is 28.3 Å². The molecule has 1 N–H and O–H groups in total. The normalized spacial score (nSPS) is 20.3. The highest BCUT2D eigenvalue weighted by Crippen LogP contribution is 2.66. The van der Waals surface area contributed by atoms with Gasteiger partial charge in [0, 0.05) is 88.9 Å². The molecule has 3 aliphatic rings. The predicted octanol–water partition coefficient (Wildman–Crippen LogP) is 5.63. The minimum atomic E-state index is -4.01. The number of fused-ring (bicyclic) bond motifs is 7. The second kappa shape index (κ2) is 14.4. The maximum absolute atomic E-state index is 15.0. The third kappa shape index (κ3) is 6.55. The van der Waals surface area contributed by atoms with E-state index < -0.39 is 21.5 Å². The number of carbonyl (C=O) groups excluding carboxylic acids is 3. The highest BCUT2D eigenvalue weighted by Gasteiger charge is 2.64. The molecule has 2 aliphatic carbocycles. The van der Waals surface area contributed by atoms with Crippen molar-refractivity contribution in [1.29, 1.82) is 0 Å². The molecule has 6 rings (SSSR count). The summed E-state index contributed by atoms with van der Waals surface area (Å²) in [4.78, 5) is 46.7. The van der Waals surface area contributed by atoms with Gasteiger partial charge in [-0.15, -0.1) is 0 Å². The zero-order chi connectivity index (χ0) is 37.7. The van der Waals surface area contributed by atoms with Gasteiger partial charge in [0.05, 0.1) is 18.2 Å². The smallest absolute Gasteiger partial charge is 0.319 e. The van der Waals surface area contributed by atoms with Gasteiger partial charge in [0.2, 0.25) is 5.91 Å². The van der Waals surface area contributed by atoms with Gasteiger partial charge in [-0.25, -0.2) is 9.52 Å². The Kier molecular flexibility index (Phi) is 10.4. The van der Waals surface area contributed by atoms with E-state index in [0.29, 0.717) is 38.4 Å². The van der Waals surface area contributed by atoms with Crippen molar-refractivity contribution in [3.8, 4) is 17.0 Å². The first-order valence-electron chi connectivity index (χ1n) is 18.5. The molecule has 2 unspecified atom stereocenters. The lowest BCUT2D eigenvalue weighted by Crippen LogP contribution is -2.51. The largest absolute Gasteiger partial charge is 0.497 e. The maximum atomic E-state index is 15.0. The number of rotatable bonds is 11. The van der Waals surface area contributed by atoms with Gasteiger partial charge in [0.15, 0.2) is 0 Å². The van der Waals surface area contributed by atoms with Crippen molar-refractivity contribution in [3.05, 3.63) is 53.1 Å². The second-order valence-electron chi connectivity index (χ2n) is 15.2. The fraction of sp³-hybridized carbons (Fsp3) is 0.564. The lowest BCUT2D eigenvalue weighted by molar-refractivity contribution is -0.139. The number of nitrogens with one attached hydrogen (secondary N) is 1. The molecule has 1 aromatic heterocycles. The number of methoxy groups -OCH3 is 1. The summed E-state index contributed by atoms with van der Waals surface area (Å²) in [5, 5.41) is 1.03. The Morgan fingerprint density at radius 2 is 1.71 bits per heavy atom. The van der Waals surface area contributed by atoms with Gasteiger partial charge >= 0.3 is 16.2 Å². The van der Waals surface area contributed by atoms with Gasteiger partial charge in [-0.2, -0.15) is 12.7 Å². The van der Waals surface area contributed by atoms with E-state index >= 15 is 4.79 Å². The van der Waals surface area contributed by atoms with Gasteiger partial charge < -0.3 is 24.0 Å². The van der Waals surface area contributed by atoms with Crippen LogP contribution in [-0.4, -0.2) is 111 Å². The number of amides is 4. The molecule has 1 aliphatic heterocycles. The highest BCUT2D eigenvalue weighted by atomic mass is 32.2. The topological polar surface area (TPSA) is 124 Å². The van der Waals surface area contributed by atoms with Gasteiger partial charge in [0.25, 0.3) is 5.91 Å². The van der Waals surface area contributed by atoms with E-state index in [1.54, 1.807) is 43.1 Å². The average Bonchev–Trinajstić information content (AvgIpc) is 3.80. The summed E-state index contributed by atoms with van der Waals surface area (Å²) in [6.45, 7) is 5.37. The molecule has 2 heterocycles. The molecular weight excluding hydrogens is 681 g/mol. The Morgan fingerprint density at radius 3 is 2.33 bits per heavy atom. The van der Waals surface area contributed by atoms with Crippen LogP contribution in [0.1, 0.15) is 92.1 Å². The minimum absolute atomic E-state index is 0.0337. The monoisotopic (exact) mass is 734 g/mol. The quantitative estimate of drug-likeness (QED) is 0.273. The summed E-state index contributed by atoms with van der Waals surface area (Å²) < 4.78 is 36.4. The van der Waals surface area contributed by atoms with Crippen molar-refractivity contribution in [2.75, 3.05) is 55.4 Å². The van der Waals surface area contributed by atoms with Crippen LogP contribution in [0.3, 0.4) is 0 Å². The number of aromatic nitrogens is 1. The Balaban J connectivity index is 1.51. The van der Waals surface area contributed by atoms with Crippen molar-refractivity contribution < 1.29 is 27.5 Å². The summed E-state index contributed by atoms with van der Waals surface area (Å²) in [6, 6.07) is 11.4. The molecule has 3 aromatic rings. The van der Waals surface area contributed by atoms with Crippen molar-refractivity contribution >= 4 is 39.0 Å². The Bertz CT molecular complexity index is 1980. The lowest BCUT2D eigenvalue weighted by atomic mass is 9.81. The van der Waals surface area contributed by atoms with Crippen LogP contribution in [0.2, 0.25) is 0 Å². The standard InChI is InChI=1S/C39H54N6O6S/c1-9-27(23-44(10-2)38(48)41(3)4)43(7)37(47)39-22-32(39)31-21-28(51-8)17-19-29(31)35-34(25-14-12-11-13-15-25)30-18-16-26(20-33(30)45(35)24-39)36(46)40-52(49,50)42(5)6/h16-21,25,27,32H,9-15,22-24H2,1-8H3,(H,40,46)/t27-,32?,39?/m1/s1. The van der Waals surface area contributed by atoms with Crippen LogP contribution in [-0.2, 0) is 21.5 Å². The van der Waals surface area contributed by atoms with Crippen LogP contribution in [0.25, 0.3) is 22.2 Å². The molecule has 0 radical (unpaired) electrons. The molecule has 2 saturated carbocycles. The van der Waals surface area contributed by atoms with E-state index in [9.17, 15) is 18.0 Å². The second-order valence-corrected chi connectivity index (χ2v) is 17.1. The third-order valence-corrected chi connectivity index (χ3v) is 13.1. The maximum Gasteiger partial charge on any atom is 0.319 e. The third-order valence-electron chi connectivity index (χ3n) is 11.7. The molecule has 282 valence electrons. The van der Waals surface area contributed by atoms with E-state index in [1.165, 1.54) is 26.1 Å².